The molecule has 2 aliphatic heterocycles. The molecule has 0 spiro atoms. The lowest BCUT2D eigenvalue weighted by Crippen LogP contribution is -2.41. The van der Waals surface area contributed by atoms with Crippen LogP contribution in [0.15, 0.2) is 29.2 Å². The Morgan fingerprint density at radius 3 is 2.89 bits per heavy atom. The number of fused-ring (bicyclic) bond motifs is 1. The Kier molecular flexibility index (Phi) is 3.55. The summed E-state index contributed by atoms with van der Waals surface area (Å²) in [6, 6.07) is 6.80. The van der Waals surface area contributed by atoms with Gasteiger partial charge in [0.15, 0.2) is 0 Å². The minimum atomic E-state index is -3.41. The van der Waals surface area contributed by atoms with E-state index in [-0.39, 0.29) is 0 Å². The fourth-order valence-corrected chi connectivity index (χ4v) is 4.80. The highest BCUT2D eigenvalue weighted by Crippen LogP contribution is 2.29. The predicted octanol–water partition coefficient (Wildman–Crippen LogP) is 1.71. The van der Waals surface area contributed by atoms with Crippen molar-refractivity contribution < 1.29 is 8.42 Å². The van der Waals surface area contributed by atoms with E-state index in [1.807, 2.05) is 0 Å². The number of hydrogen-bond donors (Lipinski definition) is 1. The normalized spacial score (nSPS) is 28.3. The van der Waals surface area contributed by atoms with Crippen molar-refractivity contribution in [3.05, 3.63) is 29.3 Å². The lowest BCUT2D eigenvalue weighted by molar-refractivity contribution is 0.339. The molecule has 1 N–H and O–H groups in total. The average molecular weight is 301 g/mol. The molecule has 2 atom stereocenters. The molecule has 2 aliphatic rings. The molecule has 2 saturated heterocycles. The minimum absolute atomic E-state index is 0.290. The molecule has 1 aromatic rings. The first-order valence-corrected chi connectivity index (χ1v) is 8.38. The van der Waals surface area contributed by atoms with Crippen LogP contribution in [0.25, 0.3) is 0 Å². The zero-order valence-corrected chi connectivity index (χ0v) is 12.1. The van der Waals surface area contributed by atoms with Crippen LogP contribution in [0.1, 0.15) is 12.8 Å². The maximum absolute atomic E-state index is 12.6. The van der Waals surface area contributed by atoms with Crippen molar-refractivity contribution in [1.82, 2.24) is 9.62 Å². The molecule has 0 aromatic heterocycles. The van der Waals surface area contributed by atoms with E-state index >= 15 is 0 Å². The molecule has 0 bridgehead atoms. The van der Waals surface area contributed by atoms with Crippen LogP contribution in [0, 0.1) is 5.92 Å². The van der Waals surface area contributed by atoms with Crippen LogP contribution in [-0.4, -0.2) is 38.4 Å². The van der Waals surface area contributed by atoms with Crippen LogP contribution in [0.2, 0.25) is 5.02 Å². The van der Waals surface area contributed by atoms with Crippen LogP contribution < -0.4 is 5.32 Å². The van der Waals surface area contributed by atoms with Crippen LogP contribution in [0.3, 0.4) is 0 Å². The van der Waals surface area contributed by atoms with Crippen LogP contribution in [0.5, 0.6) is 0 Å². The number of nitrogens with one attached hydrogen (secondary N) is 1. The Hall–Kier alpha value is -0.620. The summed E-state index contributed by atoms with van der Waals surface area (Å²) in [5.41, 5.74) is 0. The van der Waals surface area contributed by atoms with E-state index in [2.05, 4.69) is 5.32 Å². The molecule has 2 unspecified atom stereocenters. The van der Waals surface area contributed by atoms with Crippen molar-refractivity contribution in [3.8, 4) is 0 Å². The second-order valence-electron chi connectivity index (χ2n) is 5.24. The maximum Gasteiger partial charge on any atom is 0.243 e. The van der Waals surface area contributed by atoms with Gasteiger partial charge in [-0.25, -0.2) is 8.42 Å². The summed E-state index contributed by atoms with van der Waals surface area (Å²) in [6.07, 6.45) is 2.24. The number of benzene rings is 1. The second kappa shape index (κ2) is 5.05. The molecule has 104 valence electrons. The topological polar surface area (TPSA) is 49.4 Å². The van der Waals surface area contributed by atoms with Gasteiger partial charge in [-0.05, 0) is 43.5 Å². The standard InChI is InChI=1S/C13H17ClN2O2S/c14-11-4-1-5-12(7-11)19(17,18)16-8-10-3-2-6-15-13(10)9-16/h1,4-5,7,10,13,15H,2-3,6,8-9H2. The number of halogens is 1. The third-order valence-corrected chi connectivity index (χ3v) is 6.06. The zero-order valence-electron chi connectivity index (χ0n) is 10.5. The number of piperidine rings is 1. The van der Waals surface area contributed by atoms with Gasteiger partial charge in [0, 0.05) is 24.2 Å². The van der Waals surface area contributed by atoms with E-state index in [4.69, 9.17) is 11.6 Å². The van der Waals surface area contributed by atoms with Gasteiger partial charge in [-0.2, -0.15) is 4.31 Å². The monoisotopic (exact) mass is 300 g/mol. The molecule has 2 fully saturated rings. The Morgan fingerprint density at radius 1 is 1.32 bits per heavy atom. The van der Waals surface area contributed by atoms with E-state index in [9.17, 15) is 8.42 Å². The third kappa shape index (κ3) is 2.52. The molecule has 4 nitrogen and oxygen atoms in total. The van der Waals surface area contributed by atoms with Gasteiger partial charge >= 0.3 is 0 Å². The van der Waals surface area contributed by atoms with E-state index in [0.717, 1.165) is 19.4 Å². The lowest BCUT2D eigenvalue weighted by Gasteiger charge is -2.24. The van der Waals surface area contributed by atoms with Gasteiger partial charge in [0.2, 0.25) is 10.0 Å². The first-order valence-electron chi connectivity index (χ1n) is 6.56. The van der Waals surface area contributed by atoms with Crippen LogP contribution >= 0.6 is 11.6 Å². The van der Waals surface area contributed by atoms with Crippen molar-refractivity contribution in [2.45, 2.75) is 23.8 Å². The van der Waals surface area contributed by atoms with Crippen molar-refractivity contribution in [1.29, 1.82) is 0 Å². The largest absolute Gasteiger partial charge is 0.312 e. The molecule has 0 radical (unpaired) electrons. The van der Waals surface area contributed by atoms with E-state index in [0.29, 0.717) is 35.0 Å². The fourth-order valence-electron chi connectivity index (χ4n) is 2.98. The minimum Gasteiger partial charge on any atom is -0.312 e. The van der Waals surface area contributed by atoms with Gasteiger partial charge in [0.1, 0.15) is 0 Å². The lowest BCUT2D eigenvalue weighted by atomic mass is 9.94. The molecule has 0 saturated carbocycles. The smallest absolute Gasteiger partial charge is 0.243 e. The summed E-state index contributed by atoms with van der Waals surface area (Å²) in [4.78, 5) is 0.290. The summed E-state index contributed by atoms with van der Waals surface area (Å²) in [5, 5.41) is 3.87. The molecule has 2 heterocycles. The quantitative estimate of drug-likeness (QED) is 0.904. The van der Waals surface area contributed by atoms with Gasteiger partial charge in [0.25, 0.3) is 0 Å². The number of hydrogen-bond acceptors (Lipinski definition) is 3. The van der Waals surface area contributed by atoms with Crippen molar-refractivity contribution in [2.24, 2.45) is 5.92 Å². The summed E-state index contributed by atoms with van der Waals surface area (Å²) in [5.74, 6) is 0.447. The fraction of sp³-hybridized carbons (Fsp3) is 0.538. The molecular weight excluding hydrogens is 284 g/mol. The van der Waals surface area contributed by atoms with Gasteiger partial charge in [-0.15, -0.1) is 0 Å². The van der Waals surface area contributed by atoms with Gasteiger partial charge in [0.05, 0.1) is 4.90 Å². The van der Waals surface area contributed by atoms with E-state index in [1.54, 1.807) is 22.5 Å². The highest BCUT2D eigenvalue weighted by atomic mass is 35.5. The van der Waals surface area contributed by atoms with Crippen molar-refractivity contribution in [3.63, 3.8) is 0 Å². The van der Waals surface area contributed by atoms with Crippen LogP contribution in [-0.2, 0) is 10.0 Å². The Balaban J connectivity index is 1.85. The SMILES string of the molecule is O=S(=O)(c1cccc(Cl)c1)N1CC2CCCNC2C1. The highest BCUT2D eigenvalue weighted by Gasteiger charge is 2.40. The molecule has 0 amide bonds. The van der Waals surface area contributed by atoms with Crippen molar-refractivity contribution >= 4 is 21.6 Å². The van der Waals surface area contributed by atoms with E-state index in [1.165, 1.54) is 6.07 Å². The first-order chi connectivity index (χ1) is 9.07. The van der Waals surface area contributed by atoms with Gasteiger partial charge in [-0.3, -0.25) is 0 Å². The maximum atomic E-state index is 12.6. The third-order valence-electron chi connectivity index (χ3n) is 4.00. The van der Waals surface area contributed by atoms with Gasteiger partial charge < -0.3 is 5.32 Å². The molecule has 19 heavy (non-hydrogen) atoms. The van der Waals surface area contributed by atoms with Gasteiger partial charge in [-0.1, -0.05) is 17.7 Å². The number of rotatable bonds is 2. The molecule has 1 aromatic carbocycles. The predicted molar refractivity (Wildman–Crippen MR) is 74.7 cm³/mol. The average Bonchev–Trinajstić information content (AvgIpc) is 2.83. The van der Waals surface area contributed by atoms with E-state index < -0.39 is 10.0 Å². The number of nitrogens with zero attached hydrogens (tertiary/aromatic N) is 1. The Bertz CT molecular complexity index is 562. The summed E-state index contributed by atoms with van der Waals surface area (Å²) in [7, 11) is -3.41. The molecule has 0 aliphatic carbocycles. The molecule has 6 heteroatoms. The zero-order chi connectivity index (χ0) is 13.5. The summed E-state index contributed by atoms with van der Waals surface area (Å²) < 4.78 is 26.7. The Morgan fingerprint density at radius 2 is 2.16 bits per heavy atom. The first kappa shape index (κ1) is 13.4. The van der Waals surface area contributed by atoms with Crippen molar-refractivity contribution in [2.75, 3.05) is 19.6 Å². The molecule has 3 rings (SSSR count). The van der Waals surface area contributed by atoms with Crippen LogP contribution in [0.4, 0.5) is 0 Å². The second-order valence-corrected chi connectivity index (χ2v) is 7.62. The summed E-state index contributed by atoms with van der Waals surface area (Å²) >= 11 is 5.88. The Labute approximate surface area is 118 Å². The number of sulfonamides is 1. The summed E-state index contributed by atoms with van der Waals surface area (Å²) in [6.45, 7) is 2.18. The highest BCUT2D eigenvalue weighted by molar-refractivity contribution is 7.89. The molecular formula is C13H17ClN2O2S.